The van der Waals surface area contributed by atoms with E-state index in [4.69, 9.17) is 0 Å². The predicted octanol–water partition coefficient (Wildman–Crippen LogP) is 1.63. The molecule has 0 unspecified atom stereocenters. The van der Waals surface area contributed by atoms with E-state index in [1.54, 1.807) is 4.68 Å². The van der Waals surface area contributed by atoms with Gasteiger partial charge in [-0.15, -0.1) is 0 Å². The number of aromatic nitrogens is 6. The van der Waals surface area contributed by atoms with Crippen LogP contribution in [-0.4, -0.2) is 29.9 Å². The minimum absolute atomic E-state index is 0.669. The van der Waals surface area contributed by atoms with Gasteiger partial charge in [-0.1, -0.05) is 0 Å². The highest BCUT2D eigenvalue weighted by molar-refractivity contribution is 9.10. The van der Waals surface area contributed by atoms with Crippen LogP contribution in [0.2, 0.25) is 0 Å². The Bertz CT molecular complexity index is 356. The Morgan fingerprint density at radius 2 is 2.14 bits per heavy atom. The van der Waals surface area contributed by atoms with E-state index >= 15 is 0 Å². The van der Waals surface area contributed by atoms with Crippen LogP contribution in [0.3, 0.4) is 0 Å². The lowest BCUT2D eigenvalue weighted by molar-refractivity contribution is 0.642. The summed E-state index contributed by atoms with van der Waals surface area (Å²) >= 11 is 6.27. The molecule has 0 aromatic carbocycles. The predicted molar refractivity (Wildman–Crippen MR) is 57.5 cm³/mol. The molecule has 0 spiro atoms. The van der Waals surface area contributed by atoms with Crippen LogP contribution in [0, 0.1) is 0 Å². The lowest BCUT2D eigenvalue weighted by Crippen LogP contribution is -1.95. The normalized spacial score (nSPS) is 9.36. The number of rotatable bonds is 1. The van der Waals surface area contributed by atoms with E-state index in [-0.39, 0.29) is 0 Å². The quantitative estimate of drug-likeness (QED) is 0.865. The van der Waals surface area contributed by atoms with E-state index in [9.17, 15) is 0 Å². The number of hydrogen-bond donors (Lipinski definition) is 1. The van der Waals surface area contributed by atoms with E-state index in [0.29, 0.717) is 4.73 Å². The summed E-state index contributed by atoms with van der Waals surface area (Å²) in [5, 5.41) is 9.99. The summed E-state index contributed by atoms with van der Waals surface area (Å²) in [6.07, 6.45) is 2.96. The zero-order chi connectivity index (χ0) is 10.4. The van der Waals surface area contributed by atoms with Crippen molar-refractivity contribution in [2.24, 2.45) is 0 Å². The first-order valence-electron chi connectivity index (χ1n) is 3.78. The minimum Gasteiger partial charge on any atom is -0.254 e. The van der Waals surface area contributed by atoms with Gasteiger partial charge in [0.05, 0.1) is 0 Å². The molecule has 14 heavy (non-hydrogen) atoms. The molecule has 0 radical (unpaired) electrons. The van der Waals surface area contributed by atoms with Crippen molar-refractivity contribution >= 4 is 31.9 Å². The number of aromatic amines is 1. The van der Waals surface area contributed by atoms with Crippen molar-refractivity contribution < 1.29 is 0 Å². The number of nitrogens with one attached hydrogen (secondary N) is 1. The number of aryl methyl sites for hydroxylation is 1. The van der Waals surface area contributed by atoms with Crippen LogP contribution in [0.1, 0.15) is 6.92 Å². The van der Waals surface area contributed by atoms with Gasteiger partial charge < -0.3 is 0 Å². The van der Waals surface area contributed by atoms with Gasteiger partial charge in [-0.3, -0.25) is 5.10 Å². The second kappa shape index (κ2) is 5.86. The van der Waals surface area contributed by atoms with Crippen molar-refractivity contribution in [2.75, 3.05) is 0 Å². The Hall–Kier alpha value is -0.760. The lowest BCUT2D eigenvalue weighted by atomic mass is 10.8. The Labute approximate surface area is 97.4 Å². The highest BCUT2D eigenvalue weighted by Crippen LogP contribution is 2.01. The van der Waals surface area contributed by atoms with Gasteiger partial charge in [-0.25, -0.2) is 14.6 Å². The summed E-state index contributed by atoms with van der Waals surface area (Å²) in [4.78, 5) is 7.52. The largest absolute Gasteiger partial charge is 0.254 e. The van der Waals surface area contributed by atoms with E-state index < -0.39 is 0 Å². The van der Waals surface area contributed by atoms with Gasteiger partial charge >= 0.3 is 0 Å². The summed E-state index contributed by atoms with van der Waals surface area (Å²) in [5.41, 5.74) is 0. The smallest absolute Gasteiger partial charge is 0.195 e. The number of hydrogen-bond acceptors (Lipinski definition) is 4. The van der Waals surface area contributed by atoms with Gasteiger partial charge in [0.15, 0.2) is 9.47 Å². The fourth-order valence-electron chi connectivity index (χ4n) is 0.653. The standard InChI is InChI=1S/C4H6BrN3.C2H2BrN3/c1-2-8-4(5)6-3-7-8;3-2-4-1-5-6-2/h3H,2H2,1H3;1H,(H,4,5,6). The van der Waals surface area contributed by atoms with E-state index in [1.165, 1.54) is 12.7 Å². The zero-order valence-corrected chi connectivity index (χ0v) is 10.5. The fraction of sp³-hybridized carbons (Fsp3) is 0.333. The average molecular weight is 324 g/mol. The average Bonchev–Trinajstić information content (AvgIpc) is 2.77. The third-order valence-electron chi connectivity index (χ3n) is 1.25. The fourth-order valence-corrected chi connectivity index (χ4v) is 1.28. The first kappa shape index (κ1) is 11.3. The molecule has 0 aliphatic carbocycles. The Morgan fingerprint density at radius 1 is 1.36 bits per heavy atom. The lowest BCUT2D eigenvalue weighted by Gasteiger charge is -1.91. The minimum atomic E-state index is 0.669. The second-order valence-electron chi connectivity index (χ2n) is 2.12. The molecule has 0 aliphatic rings. The molecule has 0 atom stereocenters. The molecule has 0 fully saturated rings. The Kier molecular flexibility index (Phi) is 4.74. The summed E-state index contributed by atoms with van der Waals surface area (Å²) in [6, 6.07) is 0. The molecule has 8 heteroatoms. The third-order valence-corrected chi connectivity index (χ3v) is 2.25. The van der Waals surface area contributed by atoms with Crippen molar-refractivity contribution in [2.45, 2.75) is 13.5 Å². The summed E-state index contributed by atoms with van der Waals surface area (Å²) < 4.78 is 3.22. The van der Waals surface area contributed by atoms with E-state index in [0.717, 1.165) is 11.3 Å². The number of halogens is 2. The van der Waals surface area contributed by atoms with Crippen molar-refractivity contribution in [1.29, 1.82) is 0 Å². The molecule has 0 saturated heterocycles. The first-order valence-corrected chi connectivity index (χ1v) is 5.36. The van der Waals surface area contributed by atoms with Gasteiger partial charge in [-0.2, -0.15) is 10.2 Å². The topological polar surface area (TPSA) is 72.3 Å². The molecule has 2 aromatic rings. The molecule has 2 aromatic heterocycles. The van der Waals surface area contributed by atoms with Crippen molar-refractivity contribution in [3.8, 4) is 0 Å². The van der Waals surface area contributed by atoms with Crippen LogP contribution >= 0.6 is 31.9 Å². The zero-order valence-electron chi connectivity index (χ0n) is 7.35. The molecule has 0 amide bonds. The van der Waals surface area contributed by atoms with Gasteiger partial charge in [0.25, 0.3) is 0 Å². The molecular formula is C6H8Br2N6. The maximum absolute atomic E-state index is 3.89. The molecule has 0 bridgehead atoms. The van der Waals surface area contributed by atoms with Gasteiger partial charge in [0.2, 0.25) is 0 Å². The Balaban J connectivity index is 0.000000146. The number of nitrogens with zero attached hydrogens (tertiary/aromatic N) is 5. The molecule has 2 heterocycles. The van der Waals surface area contributed by atoms with Crippen LogP contribution in [0.5, 0.6) is 0 Å². The second-order valence-corrected chi connectivity index (χ2v) is 3.58. The monoisotopic (exact) mass is 322 g/mol. The SMILES string of the molecule is Brc1ncn[nH]1.CCn1ncnc1Br. The van der Waals surface area contributed by atoms with Gasteiger partial charge in [-0.05, 0) is 38.8 Å². The van der Waals surface area contributed by atoms with Crippen LogP contribution in [0.15, 0.2) is 22.1 Å². The summed E-state index contributed by atoms with van der Waals surface area (Å²) in [6.45, 7) is 2.88. The third kappa shape index (κ3) is 3.54. The van der Waals surface area contributed by atoms with Crippen molar-refractivity contribution in [3.05, 3.63) is 22.1 Å². The summed E-state index contributed by atoms with van der Waals surface area (Å²) in [5.74, 6) is 0. The van der Waals surface area contributed by atoms with Gasteiger partial charge in [0, 0.05) is 6.54 Å². The number of H-pyrrole nitrogens is 1. The molecule has 2 rings (SSSR count). The van der Waals surface area contributed by atoms with Crippen LogP contribution < -0.4 is 0 Å². The van der Waals surface area contributed by atoms with E-state index in [2.05, 4.69) is 57.1 Å². The van der Waals surface area contributed by atoms with Crippen LogP contribution in [-0.2, 0) is 6.54 Å². The molecule has 0 aliphatic heterocycles. The molecular weight excluding hydrogens is 316 g/mol. The first-order chi connectivity index (χ1) is 6.74. The maximum Gasteiger partial charge on any atom is 0.195 e. The van der Waals surface area contributed by atoms with Gasteiger partial charge in [0.1, 0.15) is 12.7 Å². The van der Waals surface area contributed by atoms with Crippen LogP contribution in [0.4, 0.5) is 0 Å². The molecule has 6 nitrogen and oxygen atoms in total. The molecule has 1 N–H and O–H groups in total. The maximum atomic E-state index is 3.89. The highest BCUT2D eigenvalue weighted by Gasteiger charge is 1.92. The van der Waals surface area contributed by atoms with E-state index in [1.807, 2.05) is 6.92 Å². The van der Waals surface area contributed by atoms with Crippen molar-refractivity contribution in [3.63, 3.8) is 0 Å². The highest BCUT2D eigenvalue weighted by atomic mass is 79.9. The molecule has 0 saturated carbocycles. The molecule has 76 valence electrons. The Morgan fingerprint density at radius 3 is 2.36 bits per heavy atom. The summed E-state index contributed by atoms with van der Waals surface area (Å²) in [7, 11) is 0. The van der Waals surface area contributed by atoms with Crippen molar-refractivity contribution in [1.82, 2.24) is 29.9 Å². The van der Waals surface area contributed by atoms with Crippen LogP contribution in [0.25, 0.3) is 0 Å².